The molecule has 78 valence electrons. The summed E-state index contributed by atoms with van der Waals surface area (Å²) in [5, 5.41) is 0. The van der Waals surface area contributed by atoms with Crippen LogP contribution in [0.1, 0.15) is 41.6 Å². The third kappa shape index (κ3) is 1.61. The van der Waals surface area contributed by atoms with Gasteiger partial charge in [-0.2, -0.15) is 0 Å². The van der Waals surface area contributed by atoms with Crippen LogP contribution in [0.4, 0.5) is 0 Å². The molecule has 1 aliphatic rings. The minimum Gasteiger partial charge on any atom is -0.323 e. The lowest BCUT2D eigenvalue weighted by atomic mass is 10.0. The molecular formula is C12H19NS. The molecule has 1 nitrogen and oxygen atoms in total. The van der Waals surface area contributed by atoms with Crippen molar-refractivity contribution in [3.63, 3.8) is 0 Å². The largest absolute Gasteiger partial charge is 0.323 e. The molecule has 2 atom stereocenters. The zero-order valence-corrected chi connectivity index (χ0v) is 10.2. The van der Waals surface area contributed by atoms with Crippen molar-refractivity contribution < 1.29 is 0 Å². The molecule has 0 aromatic carbocycles. The summed E-state index contributed by atoms with van der Waals surface area (Å²) in [7, 11) is 0. The van der Waals surface area contributed by atoms with E-state index in [0.717, 1.165) is 0 Å². The molecule has 14 heavy (non-hydrogen) atoms. The van der Waals surface area contributed by atoms with Crippen LogP contribution in [0.2, 0.25) is 0 Å². The highest BCUT2D eigenvalue weighted by Crippen LogP contribution is 2.57. The van der Waals surface area contributed by atoms with E-state index in [1.165, 1.54) is 21.7 Å². The number of rotatable bonds is 2. The smallest absolute Gasteiger partial charge is 0.0426 e. The molecule has 2 rings (SSSR count). The van der Waals surface area contributed by atoms with Gasteiger partial charge in [0.15, 0.2) is 0 Å². The van der Waals surface area contributed by atoms with Crippen LogP contribution >= 0.6 is 11.3 Å². The van der Waals surface area contributed by atoms with E-state index in [1.807, 2.05) is 11.3 Å². The highest BCUT2D eigenvalue weighted by atomic mass is 32.1. The SMILES string of the molecule is Cc1cc(C)c(C(N)C2CC2(C)C)s1. The van der Waals surface area contributed by atoms with Gasteiger partial charge in [0.05, 0.1) is 0 Å². The van der Waals surface area contributed by atoms with Crippen LogP contribution in [0.3, 0.4) is 0 Å². The first-order valence-electron chi connectivity index (χ1n) is 5.24. The molecule has 0 radical (unpaired) electrons. The van der Waals surface area contributed by atoms with E-state index in [2.05, 4.69) is 33.8 Å². The van der Waals surface area contributed by atoms with Gasteiger partial charge in [-0.15, -0.1) is 11.3 Å². The van der Waals surface area contributed by atoms with Crippen molar-refractivity contribution in [3.8, 4) is 0 Å². The summed E-state index contributed by atoms with van der Waals surface area (Å²) in [5.74, 6) is 0.694. The fourth-order valence-electron chi connectivity index (χ4n) is 2.29. The Morgan fingerprint density at radius 1 is 1.50 bits per heavy atom. The van der Waals surface area contributed by atoms with Crippen molar-refractivity contribution >= 4 is 11.3 Å². The predicted molar refractivity (Wildman–Crippen MR) is 62.6 cm³/mol. The molecule has 1 heterocycles. The van der Waals surface area contributed by atoms with Gasteiger partial charge >= 0.3 is 0 Å². The summed E-state index contributed by atoms with van der Waals surface area (Å²) in [6, 6.07) is 2.51. The summed E-state index contributed by atoms with van der Waals surface area (Å²) >= 11 is 1.87. The van der Waals surface area contributed by atoms with Gasteiger partial charge in [-0.1, -0.05) is 13.8 Å². The Kier molecular flexibility index (Phi) is 2.24. The highest BCUT2D eigenvalue weighted by Gasteiger charge is 2.49. The summed E-state index contributed by atoms with van der Waals surface area (Å²) in [6.07, 6.45) is 1.28. The normalized spacial score (nSPS) is 26.2. The molecule has 1 aliphatic carbocycles. The van der Waals surface area contributed by atoms with Crippen molar-refractivity contribution in [1.82, 2.24) is 0 Å². The van der Waals surface area contributed by atoms with Crippen molar-refractivity contribution in [2.45, 2.75) is 40.2 Å². The van der Waals surface area contributed by atoms with E-state index in [1.54, 1.807) is 0 Å². The lowest BCUT2D eigenvalue weighted by Crippen LogP contribution is -2.14. The standard InChI is InChI=1S/C12H19NS/c1-7-5-8(2)14-11(7)10(13)9-6-12(9,3)4/h5,9-10H,6,13H2,1-4H3. The van der Waals surface area contributed by atoms with E-state index in [4.69, 9.17) is 5.73 Å². The maximum absolute atomic E-state index is 6.30. The van der Waals surface area contributed by atoms with Gasteiger partial charge in [0.1, 0.15) is 0 Å². The fourth-order valence-corrected chi connectivity index (χ4v) is 3.40. The Hall–Kier alpha value is -0.340. The molecule has 2 N–H and O–H groups in total. The average Bonchev–Trinajstić information content (AvgIpc) is 2.55. The van der Waals surface area contributed by atoms with Crippen LogP contribution in [-0.4, -0.2) is 0 Å². The van der Waals surface area contributed by atoms with Gasteiger partial charge in [-0.25, -0.2) is 0 Å². The first kappa shape index (κ1) is 10.2. The molecular weight excluding hydrogens is 190 g/mol. The molecule has 0 aliphatic heterocycles. The summed E-state index contributed by atoms with van der Waals surface area (Å²) in [5.41, 5.74) is 8.15. The van der Waals surface area contributed by atoms with Crippen molar-refractivity contribution in [2.24, 2.45) is 17.1 Å². The molecule has 0 saturated heterocycles. The number of hydrogen-bond acceptors (Lipinski definition) is 2. The Morgan fingerprint density at radius 2 is 2.07 bits per heavy atom. The van der Waals surface area contributed by atoms with Crippen LogP contribution in [0, 0.1) is 25.2 Å². The van der Waals surface area contributed by atoms with Crippen molar-refractivity contribution in [1.29, 1.82) is 0 Å². The van der Waals surface area contributed by atoms with Crippen LogP contribution in [0.5, 0.6) is 0 Å². The minimum atomic E-state index is 0.267. The Morgan fingerprint density at radius 3 is 2.43 bits per heavy atom. The zero-order valence-electron chi connectivity index (χ0n) is 9.42. The van der Waals surface area contributed by atoms with Gasteiger partial charge in [0.2, 0.25) is 0 Å². The molecule has 0 bridgehead atoms. The number of hydrogen-bond donors (Lipinski definition) is 1. The summed E-state index contributed by atoms with van der Waals surface area (Å²) in [4.78, 5) is 2.78. The highest BCUT2D eigenvalue weighted by molar-refractivity contribution is 7.12. The number of aryl methyl sites for hydroxylation is 2. The molecule has 0 amide bonds. The molecule has 2 heteroatoms. The van der Waals surface area contributed by atoms with E-state index in [0.29, 0.717) is 11.3 Å². The molecule has 1 aromatic heterocycles. The minimum absolute atomic E-state index is 0.267. The van der Waals surface area contributed by atoms with Gasteiger partial charge < -0.3 is 5.73 Å². The van der Waals surface area contributed by atoms with Gasteiger partial charge in [0, 0.05) is 15.8 Å². The lowest BCUT2D eigenvalue weighted by molar-refractivity contribution is 0.495. The van der Waals surface area contributed by atoms with Gasteiger partial charge in [-0.05, 0) is 43.2 Å². The molecule has 1 saturated carbocycles. The summed E-state index contributed by atoms with van der Waals surface area (Å²) < 4.78 is 0. The van der Waals surface area contributed by atoms with Crippen LogP contribution in [0.25, 0.3) is 0 Å². The number of thiophene rings is 1. The zero-order chi connectivity index (χ0) is 10.5. The van der Waals surface area contributed by atoms with Crippen molar-refractivity contribution in [2.75, 3.05) is 0 Å². The molecule has 0 spiro atoms. The van der Waals surface area contributed by atoms with E-state index in [9.17, 15) is 0 Å². The first-order chi connectivity index (χ1) is 6.42. The quantitative estimate of drug-likeness (QED) is 0.793. The van der Waals surface area contributed by atoms with Gasteiger partial charge in [0.25, 0.3) is 0 Å². The second-order valence-electron chi connectivity index (χ2n) is 5.23. The predicted octanol–water partition coefficient (Wildman–Crippen LogP) is 3.41. The van der Waals surface area contributed by atoms with E-state index >= 15 is 0 Å². The van der Waals surface area contributed by atoms with Crippen molar-refractivity contribution in [3.05, 3.63) is 21.4 Å². The second-order valence-corrected chi connectivity index (χ2v) is 6.52. The molecule has 1 fully saturated rings. The fraction of sp³-hybridized carbons (Fsp3) is 0.667. The summed E-state index contributed by atoms with van der Waals surface area (Å²) in [6.45, 7) is 8.96. The number of nitrogens with two attached hydrogens (primary N) is 1. The van der Waals surface area contributed by atoms with E-state index < -0.39 is 0 Å². The average molecular weight is 209 g/mol. The Balaban J connectivity index is 2.20. The third-order valence-corrected chi connectivity index (χ3v) is 4.66. The molecule has 2 unspecified atom stereocenters. The van der Waals surface area contributed by atoms with Crippen LogP contribution in [0.15, 0.2) is 6.07 Å². The van der Waals surface area contributed by atoms with Crippen LogP contribution < -0.4 is 5.73 Å². The van der Waals surface area contributed by atoms with Crippen LogP contribution in [-0.2, 0) is 0 Å². The van der Waals surface area contributed by atoms with Gasteiger partial charge in [-0.3, -0.25) is 0 Å². The topological polar surface area (TPSA) is 26.0 Å². The maximum atomic E-state index is 6.30. The van der Waals surface area contributed by atoms with E-state index in [-0.39, 0.29) is 6.04 Å². The monoisotopic (exact) mass is 209 g/mol. The second kappa shape index (κ2) is 3.07. The first-order valence-corrected chi connectivity index (χ1v) is 6.06. The lowest BCUT2D eigenvalue weighted by Gasteiger charge is -2.12. The third-order valence-electron chi connectivity index (χ3n) is 3.41. The Labute approximate surface area is 90.3 Å². The molecule has 1 aromatic rings. The maximum Gasteiger partial charge on any atom is 0.0426 e. The Bertz CT molecular complexity index is 351.